The third-order valence-electron chi connectivity index (χ3n) is 2.74. The van der Waals surface area contributed by atoms with Crippen LogP contribution < -0.4 is 4.74 Å². The summed E-state index contributed by atoms with van der Waals surface area (Å²) in [6, 6.07) is 11.0. The van der Waals surface area contributed by atoms with Gasteiger partial charge in [0.25, 0.3) is 0 Å². The average molecular weight is 313 g/mol. The maximum absolute atomic E-state index is 13.5. The molecule has 2 aromatic rings. The average Bonchev–Trinajstić information content (AvgIpc) is 2.46. The van der Waals surface area contributed by atoms with Gasteiger partial charge in [0.05, 0.1) is 10.9 Å². The van der Waals surface area contributed by atoms with Crippen molar-refractivity contribution in [1.82, 2.24) is 0 Å². The van der Waals surface area contributed by atoms with Gasteiger partial charge in [0.2, 0.25) is 0 Å². The van der Waals surface area contributed by atoms with E-state index < -0.39 is 5.82 Å². The van der Waals surface area contributed by atoms with Crippen LogP contribution in [0, 0.1) is 5.82 Å². The zero-order chi connectivity index (χ0) is 14.5. The normalized spacial score (nSPS) is 10.3. The number of hydrogen-bond donors (Lipinski definition) is 0. The molecule has 5 heteroatoms. The van der Waals surface area contributed by atoms with Crippen molar-refractivity contribution in [3.8, 4) is 5.75 Å². The monoisotopic (exact) mass is 312 g/mol. The lowest BCUT2D eigenvalue weighted by Crippen LogP contribution is -2.01. The smallest absolute Gasteiger partial charge is 0.177 e. The fourth-order valence-electron chi connectivity index (χ4n) is 1.64. The highest BCUT2D eigenvalue weighted by atomic mass is 35.5. The second kappa shape index (κ2) is 6.73. The van der Waals surface area contributed by atoms with E-state index in [4.69, 9.17) is 27.9 Å². The van der Waals surface area contributed by atoms with E-state index in [1.807, 2.05) is 0 Å². The van der Waals surface area contributed by atoms with Gasteiger partial charge in [0.1, 0.15) is 18.2 Å². The van der Waals surface area contributed by atoms with Crippen molar-refractivity contribution in [1.29, 1.82) is 0 Å². The van der Waals surface area contributed by atoms with Crippen LogP contribution in [0.5, 0.6) is 5.75 Å². The number of rotatable bonds is 5. The number of benzene rings is 2. The van der Waals surface area contributed by atoms with Gasteiger partial charge in [0.15, 0.2) is 5.78 Å². The van der Waals surface area contributed by atoms with Crippen LogP contribution in [-0.4, -0.2) is 11.7 Å². The first-order chi connectivity index (χ1) is 9.61. The number of alkyl halides is 1. The summed E-state index contributed by atoms with van der Waals surface area (Å²) < 4.78 is 19.0. The highest BCUT2D eigenvalue weighted by molar-refractivity contribution is 6.31. The van der Waals surface area contributed by atoms with Crippen LogP contribution in [0.1, 0.15) is 15.9 Å². The minimum atomic E-state index is -0.411. The number of ketones is 1. The number of carbonyl (C=O) groups excluding carboxylic acids is 1. The lowest BCUT2D eigenvalue weighted by molar-refractivity contribution is 0.102. The van der Waals surface area contributed by atoms with Crippen LogP contribution in [0.3, 0.4) is 0 Å². The van der Waals surface area contributed by atoms with Crippen LogP contribution in [0.4, 0.5) is 4.39 Å². The van der Waals surface area contributed by atoms with Crippen molar-refractivity contribution in [3.05, 3.63) is 64.4 Å². The van der Waals surface area contributed by atoms with Gasteiger partial charge in [-0.3, -0.25) is 4.79 Å². The zero-order valence-electron chi connectivity index (χ0n) is 10.4. The van der Waals surface area contributed by atoms with E-state index in [-0.39, 0.29) is 18.3 Å². The molecule has 2 aromatic carbocycles. The van der Waals surface area contributed by atoms with Crippen LogP contribution in [0.2, 0.25) is 5.02 Å². The lowest BCUT2D eigenvalue weighted by atomic mass is 10.1. The summed E-state index contributed by atoms with van der Waals surface area (Å²) >= 11 is 11.4. The van der Waals surface area contributed by atoms with Crippen molar-refractivity contribution in [2.24, 2.45) is 0 Å². The van der Waals surface area contributed by atoms with Gasteiger partial charge in [-0.2, -0.15) is 0 Å². The number of halogens is 3. The van der Waals surface area contributed by atoms with Crippen LogP contribution in [0.25, 0.3) is 0 Å². The molecule has 0 spiro atoms. The van der Waals surface area contributed by atoms with Gasteiger partial charge in [0, 0.05) is 11.1 Å². The Hall–Kier alpha value is -1.58. The molecular formula is C15H11Cl2FO2. The summed E-state index contributed by atoms with van der Waals surface area (Å²) in [6.07, 6.45) is 0. The third-order valence-corrected chi connectivity index (χ3v) is 3.34. The largest absolute Gasteiger partial charge is 0.489 e. The molecule has 0 atom stereocenters. The summed E-state index contributed by atoms with van der Waals surface area (Å²) in [5.41, 5.74) is 0.811. The quantitative estimate of drug-likeness (QED) is 0.601. The van der Waals surface area contributed by atoms with Gasteiger partial charge in [-0.05, 0) is 36.4 Å². The third kappa shape index (κ3) is 3.50. The standard InChI is InChI=1S/C15H11Cl2FO2/c16-8-15(19)10-4-6-11(7-5-10)20-9-12-13(17)2-1-3-14(12)18/h1-7H,8-9H2. The van der Waals surface area contributed by atoms with Gasteiger partial charge >= 0.3 is 0 Å². The highest BCUT2D eigenvalue weighted by Gasteiger charge is 2.08. The molecule has 0 bridgehead atoms. The Balaban J connectivity index is 2.06. The van der Waals surface area contributed by atoms with Crippen molar-refractivity contribution < 1.29 is 13.9 Å². The highest BCUT2D eigenvalue weighted by Crippen LogP contribution is 2.21. The Morgan fingerprint density at radius 3 is 2.45 bits per heavy atom. The van der Waals surface area contributed by atoms with Gasteiger partial charge in [-0.25, -0.2) is 4.39 Å². The molecule has 0 aliphatic rings. The van der Waals surface area contributed by atoms with Crippen LogP contribution in [-0.2, 0) is 6.61 Å². The lowest BCUT2D eigenvalue weighted by Gasteiger charge is -2.09. The van der Waals surface area contributed by atoms with Crippen LogP contribution >= 0.6 is 23.2 Å². The predicted molar refractivity (Wildman–Crippen MR) is 77.2 cm³/mol. The number of ether oxygens (including phenoxy) is 1. The zero-order valence-corrected chi connectivity index (χ0v) is 11.9. The first-order valence-corrected chi connectivity index (χ1v) is 6.78. The second-order valence-corrected chi connectivity index (χ2v) is 4.74. The Labute approximate surface area is 126 Å². The maximum Gasteiger partial charge on any atom is 0.177 e. The Morgan fingerprint density at radius 2 is 1.85 bits per heavy atom. The molecule has 0 saturated carbocycles. The summed E-state index contributed by atoms with van der Waals surface area (Å²) in [7, 11) is 0. The van der Waals surface area contributed by atoms with Crippen molar-refractivity contribution in [2.75, 3.05) is 5.88 Å². The molecule has 0 aromatic heterocycles. The van der Waals surface area contributed by atoms with Crippen LogP contribution in [0.15, 0.2) is 42.5 Å². The van der Waals surface area contributed by atoms with Crippen molar-refractivity contribution in [3.63, 3.8) is 0 Å². The SMILES string of the molecule is O=C(CCl)c1ccc(OCc2c(F)cccc2Cl)cc1. The molecule has 0 fully saturated rings. The minimum Gasteiger partial charge on any atom is -0.489 e. The molecule has 0 saturated heterocycles. The molecule has 0 radical (unpaired) electrons. The maximum atomic E-state index is 13.5. The first kappa shape index (κ1) is 14.8. The molecular weight excluding hydrogens is 302 g/mol. The number of carbonyl (C=O) groups is 1. The molecule has 0 heterocycles. The Bertz CT molecular complexity index is 592. The van der Waals surface area contributed by atoms with E-state index in [9.17, 15) is 9.18 Å². The Morgan fingerprint density at radius 1 is 1.15 bits per heavy atom. The summed E-state index contributed by atoms with van der Waals surface area (Å²) in [6.45, 7) is 0.0221. The van der Waals surface area contributed by atoms with Gasteiger partial charge in [-0.15, -0.1) is 11.6 Å². The number of hydrogen-bond acceptors (Lipinski definition) is 2. The molecule has 104 valence electrons. The summed E-state index contributed by atoms with van der Waals surface area (Å²) in [5, 5.41) is 0.318. The molecule has 20 heavy (non-hydrogen) atoms. The molecule has 2 rings (SSSR count). The molecule has 0 unspecified atom stereocenters. The first-order valence-electron chi connectivity index (χ1n) is 5.86. The summed E-state index contributed by atoms with van der Waals surface area (Å²) in [5.74, 6) is -0.109. The van der Waals surface area contributed by atoms with E-state index in [0.717, 1.165) is 0 Å². The number of Topliss-reactive ketones (excluding diaryl/α,β-unsaturated/α-hetero) is 1. The summed E-state index contributed by atoms with van der Waals surface area (Å²) in [4.78, 5) is 11.4. The van der Waals surface area contributed by atoms with Gasteiger partial charge in [-0.1, -0.05) is 17.7 Å². The fourth-order valence-corrected chi connectivity index (χ4v) is 2.01. The van der Waals surface area contributed by atoms with E-state index in [1.54, 1.807) is 30.3 Å². The molecule has 2 nitrogen and oxygen atoms in total. The second-order valence-electron chi connectivity index (χ2n) is 4.07. The fraction of sp³-hybridized carbons (Fsp3) is 0.133. The molecule has 0 aliphatic heterocycles. The molecule has 0 aliphatic carbocycles. The minimum absolute atomic E-state index is 0.0221. The van der Waals surface area contributed by atoms with Gasteiger partial charge < -0.3 is 4.74 Å². The van der Waals surface area contributed by atoms with E-state index in [2.05, 4.69) is 0 Å². The molecule has 0 amide bonds. The Kier molecular flexibility index (Phi) is 4.99. The van der Waals surface area contributed by atoms with E-state index >= 15 is 0 Å². The predicted octanol–water partition coefficient (Wildman–Crippen LogP) is 4.48. The van der Waals surface area contributed by atoms with E-state index in [0.29, 0.717) is 21.9 Å². The van der Waals surface area contributed by atoms with Crippen molar-refractivity contribution >= 4 is 29.0 Å². The van der Waals surface area contributed by atoms with Crippen molar-refractivity contribution in [2.45, 2.75) is 6.61 Å². The van der Waals surface area contributed by atoms with E-state index in [1.165, 1.54) is 12.1 Å². The molecule has 0 N–H and O–H groups in total. The topological polar surface area (TPSA) is 26.3 Å².